The number of hydrogen-bond acceptors (Lipinski definition) is 6. The average molecular weight is 285 g/mol. The maximum absolute atomic E-state index is 10.8. The predicted molar refractivity (Wildman–Crippen MR) is 80.4 cm³/mol. The highest BCUT2D eigenvalue weighted by Gasteiger charge is 2.07. The summed E-state index contributed by atoms with van der Waals surface area (Å²) in [5, 5.41) is 14.9. The van der Waals surface area contributed by atoms with E-state index in [1.807, 2.05) is 19.9 Å². The number of non-ortho nitro benzene ring substituents is 1. The fraction of sp³-hybridized carbons (Fsp3) is 0.214. The van der Waals surface area contributed by atoms with Crippen LogP contribution in [0.25, 0.3) is 0 Å². The zero-order valence-electron chi connectivity index (χ0n) is 12.0. The van der Waals surface area contributed by atoms with Crippen molar-refractivity contribution in [1.29, 1.82) is 0 Å². The molecule has 0 aliphatic heterocycles. The minimum Gasteiger partial charge on any atom is -0.258 e. The normalized spacial score (nSPS) is 11.3. The van der Waals surface area contributed by atoms with E-state index in [4.69, 9.17) is 0 Å². The standard InChI is InChI=1S/C14H15N5O2/c1-9-7-10(2)16-14(15-9)18-17-11(3)12-5-4-6-13(8-12)19(20)21/h4-8H,1-3H3,(H,15,16,18)/b17-11+. The Balaban J connectivity index is 2.21. The monoisotopic (exact) mass is 285 g/mol. The van der Waals surface area contributed by atoms with Gasteiger partial charge in [0.2, 0.25) is 5.95 Å². The van der Waals surface area contributed by atoms with Crippen molar-refractivity contribution in [3.05, 3.63) is 57.4 Å². The van der Waals surface area contributed by atoms with E-state index < -0.39 is 4.92 Å². The molecule has 1 heterocycles. The van der Waals surface area contributed by atoms with Crippen molar-refractivity contribution in [2.24, 2.45) is 5.10 Å². The first kappa shape index (κ1) is 14.6. The summed E-state index contributed by atoms with van der Waals surface area (Å²) >= 11 is 0. The molecule has 0 aliphatic rings. The lowest BCUT2D eigenvalue weighted by Gasteiger charge is -2.04. The van der Waals surface area contributed by atoms with Gasteiger partial charge in [0.15, 0.2) is 0 Å². The summed E-state index contributed by atoms with van der Waals surface area (Å²) in [5.41, 5.74) is 5.76. The fourth-order valence-corrected chi connectivity index (χ4v) is 1.82. The molecule has 2 aromatic rings. The summed E-state index contributed by atoms with van der Waals surface area (Å²) in [6.07, 6.45) is 0. The zero-order chi connectivity index (χ0) is 15.4. The molecular formula is C14H15N5O2. The Hall–Kier alpha value is -2.83. The number of hydrogen-bond donors (Lipinski definition) is 1. The summed E-state index contributed by atoms with van der Waals surface area (Å²) in [6, 6.07) is 8.16. The molecular weight excluding hydrogens is 270 g/mol. The maximum atomic E-state index is 10.8. The van der Waals surface area contributed by atoms with Gasteiger partial charge in [0.05, 0.1) is 10.6 Å². The highest BCUT2D eigenvalue weighted by Crippen LogP contribution is 2.14. The summed E-state index contributed by atoms with van der Waals surface area (Å²) in [6.45, 7) is 5.50. The number of anilines is 1. The Bertz CT molecular complexity index is 692. The highest BCUT2D eigenvalue weighted by atomic mass is 16.6. The molecule has 7 nitrogen and oxygen atoms in total. The molecule has 0 fully saturated rings. The topological polar surface area (TPSA) is 93.3 Å². The predicted octanol–water partition coefficient (Wildman–Crippen LogP) is 2.84. The molecule has 0 spiro atoms. The lowest BCUT2D eigenvalue weighted by Crippen LogP contribution is -2.04. The van der Waals surface area contributed by atoms with E-state index in [1.54, 1.807) is 19.1 Å². The van der Waals surface area contributed by atoms with Crippen molar-refractivity contribution >= 4 is 17.3 Å². The summed E-state index contributed by atoms with van der Waals surface area (Å²) in [4.78, 5) is 18.7. The van der Waals surface area contributed by atoms with Crippen LogP contribution in [0.3, 0.4) is 0 Å². The number of rotatable bonds is 4. The van der Waals surface area contributed by atoms with Crippen LogP contribution in [0.15, 0.2) is 35.4 Å². The van der Waals surface area contributed by atoms with E-state index in [-0.39, 0.29) is 5.69 Å². The van der Waals surface area contributed by atoms with Crippen molar-refractivity contribution < 1.29 is 4.92 Å². The number of benzene rings is 1. The van der Waals surface area contributed by atoms with Gasteiger partial charge in [0.1, 0.15) is 0 Å². The largest absolute Gasteiger partial charge is 0.270 e. The van der Waals surface area contributed by atoms with Gasteiger partial charge in [0, 0.05) is 29.1 Å². The zero-order valence-corrected chi connectivity index (χ0v) is 12.0. The van der Waals surface area contributed by atoms with Crippen LogP contribution in [0.1, 0.15) is 23.9 Å². The SMILES string of the molecule is C/C(=N\Nc1nc(C)cc(C)n1)c1cccc([N+](=O)[O-])c1. The van der Waals surface area contributed by atoms with Crippen molar-refractivity contribution in [3.8, 4) is 0 Å². The number of nitro benzene ring substituents is 1. The first-order valence-corrected chi connectivity index (χ1v) is 6.33. The Labute approximate surface area is 121 Å². The smallest absolute Gasteiger partial charge is 0.258 e. The van der Waals surface area contributed by atoms with Gasteiger partial charge in [-0.25, -0.2) is 15.4 Å². The van der Waals surface area contributed by atoms with Crippen molar-refractivity contribution in [1.82, 2.24) is 9.97 Å². The Kier molecular flexibility index (Phi) is 4.22. The third kappa shape index (κ3) is 3.82. The van der Waals surface area contributed by atoms with Gasteiger partial charge in [-0.05, 0) is 26.8 Å². The number of nitrogens with one attached hydrogen (secondary N) is 1. The molecule has 2 rings (SSSR count). The van der Waals surface area contributed by atoms with E-state index in [1.165, 1.54) is 12.1 Å². The molecule has 0 saturated heterocycles. The molecule has 0 amide bonds. The number of hydrazone groups is 1. The first-order valence-electron chi connectivity index (χ1n) is 6.33. The first-order chi connectivity index (χ1) is 9.95. The second-order valence-electron chi connectivity index (χ2n) is 4.59. The van der Waals surface area contributed by atoms with Crippen LogP contribution in [0.5, 0.6) is 0 Å². The average Bonchev–Trinajstić information content (AvgIpc) is 2.44. The van der Waals surface area contributed by atoms with Gasteiger partial charge in [-0.15, -0.1) is 0 Å². The van der Waals surface area contributed by atoms with Crippen LogP contribution in [0.2, 0.25) is 0 Å². The minimum absolute atomic E-state index is 0.0321. The van der Waals surface area contributed by atoms with Gasteiger partial charge < -0.3 is 0 Å². The third-order valence-corrected chi connectivity index (χ3v) is 2.78. The quantitative estimate of drug-likeness (QED) is 0.529. The molecule has 0 bridgehead atoms. The van der Waals surface area contributed by atoms with E-state index in [0.29, 0.717) is 17.2 Å². The van der Waals surface area contributed by atoms with E-state index in [2.05, 4.69) is 20.5 Å². The highest BCUT2D eigenvalue weighted by molar-refractivity contribution is 5.99. The van der Waals surface area contributed by atoms with Crippen LogP contribution >= 0.6 is 0 Å². The van der Waals surface area contributed by atoms with E-state index >= 15 is 0 Å². The van der Waals surface area contributed by atoms with Gasteiger partial charge in [0.25, 0.3) is 5.69 Å². The fourth-order valence-electron chi connectivity index (χ4n) is 1.82. The van der Waals surface area contributed by atoms with Crippen LogP contribution in [0, 0.1) is 24.0 Å². The Morgan fingerprint density at radius 2 is 1.90 bits per heavy atom. The minimum atomic E-state index is -0.433. The Morgan fingerprint density at radius 1 is 1.24 bits per heavy atom. The van der Waals surface area contributed by atoms with Gasteiger partial charge in [-0.1, -0.05) is 12.1 Å². The molecule has 108 valence electrons. The Morgan fingerprint density at radius 3 is 2.52 bits per heavy atom. The second-order valence-corrected chi connectivity index (χ2v) is 4.59. The second kappa shape index (κ2) is 6.08. The van der Waals surface area contributed by atoms with Crippen molar-refractivity contribution in [2.75, 3.05) is 5.43 Å². The lowest BCUT2D eigenvalue weighted by atomic mass is 10.1. The molecule has 1 N–H and O–H groups in total. The van der Waals surface area contributed by atoms with Crippen LogP contribution < -0.4 is 5.43 Å². The molecule has 0 atom stereocenters. The van der Waals surface area contributed by atoms with E-state index in [0.717, 1.165) is 11.4 Å². The van der Waals surface area contributed by atoms with Gasteiger partial charge >= 0.3 is 0 Å². The lowest BCUT2D eigenvalue weighted by molar-refractivity contribution is -0.384. The van der Waals surface area contributed by atoms with Gasteiger partial charge in [-0.2, -0.15) is 5.10 Å². The molecule has 21 heavy (non-hydrogen) atoms. The van der Waals surface area contributed by atoms with Crippen LogP contribution in [-0.2, 0) is 0 Å². The molecule has 1 aromatic heterocycles. The van der Waals surface area contributed by atoms with E-state index in [9.17, 15) is 10.1 Å². The third-order valence-electron chi connectivity index (χ3n) is 2.78. The number of aryl methyl sites for hydroxylation is 2. The van der Waals surface area contributed by atoms with Gasteiger partial charge in [-0.3, -0.25) is 10.1 Å². The molecule has 0 aliphatic carbocycles. The number of aromatic nitrogens is 2. The molecule has 1 aromatic carbocycles. The summed E-state index contributed by atoms with van der Waals surface area (Å²) < 4.78 is 0. The summed E-state index contributed by atoms with van der Waals surface area (Å²) in [7, 11) is 0. The maximum Gasteiger partial charge on any atom is 0.270 e. The molecule has 7 heteroatoms. The molecule has 0 saturated carbocycles. The van der Waals surface area contributed by atoms with Crippen LogP contribution in [0.4, 0.5) is 11.6 Å². The molecule has 0 unspecified atom stereocenters. The van der Waals surface area contributed by atoms with Crippen molar-refractivity contribution in [3.63, 3.8) is 0 Å². The van der Waals surface area contributed by atoms with Crippen LogP contribution in [-0.4, -0.2) is 20.6 Å². The number of nitrogens with zero attached hydrogens (tertiary/aromatic N) is 4. The van der Waals surface area contributed by atoms with Crippen molar-refractivity contribution in [2.45, 2.75) is 20.8 Å². The summed E-state index contributed by atoms with van der Waals surface area (Å²) in [5.74, 6) is 0.400. The molecule has 0 radical (unpaired) electrons. The number of nitro groups is 1.